The van der Waals surface area contributed by atoms with E-state index in [2.05, 4.69) is 5.32 Å². The highest BCUT2D eigenvalue weighted by atomic mass is 32.2. The van der Waals surface area contributed by atoms with Gasteiger partial charge in [0.05, 0.1) is 22.4 Å². The number of hydrogen-bond acceptors (Lipinski definition) is 4. The lowest BCUT2D eigenvalue weighted by Gasteiger charge is -2.14. The van der Waals surface area contributed by atoms with E-state index in [-0.39, 0.29) is 11.9 Å². The number of sulfone groups is 1. The van der Waals surface area contributed by atoms with Gasteiger partial charge < -0.3 is 10.1 Å². The Morgan fingerprint density at radius 2 is 2.00 bits per heavy atom. The van der Waals surface area contributed by atoms with Crippen LogP contribution in [0.2, 0.25) is 0 Å². The van der Waals surface area contributed by atoms with Crippen molar-refractivity contribution in [1.82, 2.24) is 0 Å². The Kier molecular flexibility index (Phi) is 4.96. The zero-order chi connectivity index (χ0) is 12.9. The molecule has 1 rings (SSSR count). The maximum atomic E-state index is 11.9. The summed E-state index contributed by atoms with van der Waals surface area (Å²) in [6.07, 6.45) is 0.0346. The standard InChI is InChI=1S/C12H19NO3S/c1-4-17(14,15)12-8-6-5-7-11(12)13-9-10(2)16-3/h5-8,10,13H,4,9H2,1-3H3. The molecule has 0 aromatic heterocycles. The van der Waals surface area contributed by atoms with Crippen LogP contribution in [-0.4, -0.2) is 33.9 Å². The SMILES string of the molecule is CCS(=O)(=O)c1ccccc1NCC(C)OC. The Balaban J connectivity index is 2.93. The number of methoxy groups -OCH3 is 1. The molecule has 4 nitrogen and oxygen atoms in total. The first-order valence-corrected chi connectivity index (χ1v) is 7.25. The lowest BCUT2D eigenvalue weighted by Crippen LogP contribution is -2.19. The van der Waals surface area contributed by atoms with Gasteiger partial charge in [-0.2, -0.15) is 0 Å². The van der Waals surface area contributed by atoms with Crippen molar-refractivity contribution in [3.63, 3.8) is 0 Å². The number of para-hydroxylation sites is 1. The summed E-state index contributed by atoms with van der Waals surface area (Å²) in [5.41, 5.74) is 0.637. The number of ether oxygens (including phenoxy) is 1. The van der Waals surface area contributed by atoms with Gasteiger partial charge in [-0.15, -0.1) is 0 Å². The van der Waals surface area contributed by atoms with Crippen LogP contribution in [0.3, 0.4) is 0 Å². The van der Waals surface area contributed by atoms with E-state index < -0.39 is 9.84 Å². The highest BCUT2D eigenvalue weighted by Crippen LogP contribution is 2.21. The molecule has 1 aromatic rings. The Morgan fingerprint density at radius 1 is 1.35 bits per heavy atom. The highest BCUT2D eigenvalue weighted by molar-refractivity contribution is 7.91. The third-order valence-corrected chi connectivity index (χ3v) is 4.37. The topological polar surface area (TPSA) is 55.4 Å². The summed E-state index contributed by atoms with van der Waals surface area (Å²) in [5, 5.41) is 3.10. The van der Waals surface area contributed by atoms with E-state index in [0.717, 1.165) is 0 Å². The molecular formula is C12H19NO3S. The second kappa shape index (κ2) is 6.02. The zero-order valence-electron chi connectivity index (χ0n) is 10.4. The summed E-state index contributed by atoms with van der Waals surface area (Å²) >= 11 is 0. The molecule has 5 heteroatoms. The zero-order valence-corrected chi connectivity index (χ0v) is 11.3. The third kappa shape index (κ3) is 3.71. The van der Waals surface area contributed by atoms with Gasteiger partial charge in [-0.25, -0.2) is 8.42 Å². The van der Waals surface area contributed by atoms with Gasteiger partial charge in [0.2, 0.25) is 0 Å². The normalized spacial score (nSPS) is 13.4. The van der Waals surface area contributed by atoms with Crippen LogP contribution < -0.4 is 5.32 Å². The van der Waals surface area contributed by atoms with E-state index in [0.29, 0.717) is 17.1 Å². The van der Waals surface area contributed by atoms with Crippen molar-refractivity contribution in [2.24, 2.45) is 0 Å². The minimum absolute atomic E-state index is 0.0346. The molecule has 0 spiro atoms. The molecule has 0 aliphatic heterocycles. The predicted octanol–water partition coefficient (Wildman–Crippen LogP) is 1.93. The summed E-state index contributed by atoms with van der Waals surface area (Å²) in [5.74, 6) is 0.103. The van der Waals surface area contributed by atoms with Gasteiger partial charge in [0, 0.05) is 13.7 Å². The molecular weight excluding hydrogens is 238 g/mol. The minimum Gasteiger partial charge on any atom is -0.381 e. The van der Waals surface area contributed by atoms with Crippen molar-refractivity contribution in [1.29, 1.82) is 0 Å². The molecule has 1 aromatic carbocycles. The van der Waals surface area contributed by atoms with E-state index in [9.17, 15) is 8.42 Å². The second-order valence-electron chi connectivity index (χ2n) is 3.83. The smallest absolute Gasteiger partial charge is 0.180 e. The highest BCUT2D eigenvalue weighted by Gasteiger charge is 2.15. The van der Waals surface area contributed by atoms with Crippen LogP contribution >= 0.6 is 0 Å². The largest absolute Gasteiger partial charge is 0.381 e. The fraction of sp³-hybridized carbons (Fsp3) is 0.500. The monoisotopic (exact) mass is 257 g/mol. The molecule has 0 heterocycles. The van der Waals surface area contributed by atoms with Crippen molar-refractivity contribution in [2.75, 3.05) is 24.7 Å². The average molecular weight is 257 g/mol. The lowest BCUT2D eigenvalue weighted by molar-refractivity contribution is 0.128. The molecule has 0 aliphatic rings. The van der Waals surface area contributed by atoms with Crippen LogP contribution in [0.25, 0.3) is 0 Å². The Bertz CT molecular complexity index is 457. The van der Waals surface area contributed by atoms with Crippen molar-refractivity contribution < 1.29 is 13.2 Å². The molecule has 0 bridgehead atoms. The van der Waals surface area contributed by atoms with E-state index >= 15 is 0 Å². The van der Waals surface area contributed by atoms with Crippen LogP contribution in [-0.2, 0) is 14.6 Å². The first-order valence-electron chi connectivity index (χ1n) is 5.59. The van der Waals surface area contributed by atoms with Crippen LogP contribution in [0.1, 0.15) is 13.8 Å². The predicted molar refractivity (Wildman–Crippen MR) is 69.1 cm³/mol. The van der Waals surface area contributed by atoms with Gasteiger partial charge in [0.1, 0.15) is 0 Å². The summed E-state index contributed by atoms with van der Waals surface area (Å²) < 4.78 is 28.8. The summed E-state index contributed by atoms with van der Waals surface area (Å²) in [4.78, 5) is 0.353. The number of anilines is 1. The van der Waals surface area contributed by atoms with E-state index in [4.69, 9.17) is 4.74 Å². The molecule has 96 valence electrons. The Hall–Kier alpha value is -1.07. The van der Waals surface area contributed by atoms with Crippen LogP contribution in [0.15, 0.2) is 29.2 Å². The van der Waals surface area contributed by atoms with Crippen molar-refractivity contribution in [3.05, 3.63) is 24.3 Å². The molecule has 0 saturated carbocycles. The first-order chi connectivity index (χ1) is 8.01. The minimum atomic E-state index is -3.19. The van der Waals surface area contributed by atoms with Crippen molar-refractivity contribution in [3.8, 4) is 0 Å². The lowest BCUT2D eigenvalue weighted by atomic mass is 10.3. The van der Waals surface area contributed by atoms with Crippen molar-refractivity contribution in [2.45, 2.75) is 24.8 Å². The maximum Gasteiger partial charge on any atom is 0.180 e. The summed E-state index contributed by atoms with van der Waals surface area (Å²) in [6.45, 7) is 4.14. The summed E-state index contributed by atoms with van der Waals surface area (Å²) in [6, 6.07) is 6.94. The Labute approximate surface area is 103 Å². The summed E-state index contributed by atoms with van der Waals surface area (Å²) in [7, 11) is -1.56. The van der Waals surface area contributed by atoms with Crippen LogP contribution in [0.5, 0.6) is 0 Å². The number of benzene rings is 1. The second-order valence-corrected chi connectivity index (χ2v) is 6.07. The molecule has 0 saturated heterocycles. The maximum absolute atomic E-state index is 11.9. The van der Waals surface area contributed by atoms with Gasteiger partial charge in [-0.1, -0.05) is 19.1 Å². The van der Waals surface area contributed by atoms with Gasteiger partial charge >= 0.3 is 0 Å². The Morgan fingerprint density at radius 3 is 2.59 bits per heavy atom. The van der Waals surface area contributed by atoms with E-state index in [1.165, 1.54) is 0 Å². The van der Waals surface area contributed by atoms with Crippen LogP contribution in [0, 0.1) is 0 Å². The quantitative estimate of drug-likeness (QED) is 0.846. The van der Waals surface area contributed by atoms with E-state index in [1.807, 2.05) is 13.0 Å². The van der Waals surface area contributed by atoms with Gasteiger partial charge in [0.15, 0.2) is 9.84 Å². The van der Waals surface area contributed by atoms with Crippen molar-refractivity contribution >= 4 is 15.5 Å². The molecule has 0 radical (unpaired) electrons. The van der Waals surface area contributed by atoms with Gasteiger partial charge in [-0.3, -0.25) is 0 Å². The fourth-order valence-corrected chi connectivity index (χ4v) is 2.45. The molecule has 0 aliphatic carbocycles. The fourth-order valence-electron chi connectivity index (χ4n) is 1.38. The third-order valence-electron chi connectivity index (χ3n) is 2.58. The number of nitrogens with one attached hydrogen (secondary N) is 1. The first kappa shape index (κ1) is 14.0. The van der Waals surface area contributed by atoms with Gasteiger partial charge in [0.25, 0.3) is 0 Å². The molecule has 0 amide bonds. The molecule has 1 atom stereocenters. The molecule has 0 fully saturated rings. The molecule has 1 unspecified atom stereocenters. The van der Waals surface area contributed by atoms with Gasteiger partial charge in [-0.05, 0) is 19.1 Å². The molecule has 1 N–H and O–H groups in total. The average Bonchev–Trinajstić information content (AvgIpc) is 2.36. The molecule has 17 heavy (non-hydrogen) atoms. The van der Waals surface area contributed by atoms with Crippen LogP contribution in [0.4, 0.5) is 5.69 Å². The number of hydrogen-bond donors (Lipinski definition) is 1. The van der Waals surface area contributed by atoms with E-state index in [1.54, 1.807) is 32.2 Å². The number of rotatable bonds is 6.